The van der Waals surface area contributed by atoms with Crippen molar-refractivity contribution in [1.82, 2.24) is 10.2 Å². The monoisotopic (exact) mass is 196 g/mol. The molecule has 1 N–H and O–H groups in total. The molecule has 78 valence electrons. The number of likely N-dealkylation sites (tertiary alicyclic amines) is 1. The number of hydrogen-bond donors (Lipinski definition) is 1. The Morgan fingerprint density at radius 3 is 2.79 bits per heavy atom. The van der Waals surface area contributed by atoms with Crippen LogP contribution in [0.15, 0.2) is 0 Å². The first-order chi connectivity index (χ1) is 6.70. The Morgan fingerprint density at radius 2 is 2.14 bits per heavy atom. The van der Waals surface area contributed by atoms with Gasteiger partial charge in [0, 0.05) is 12.3 Å². The standard InChI is InChI=1S/C10H16N2O2/c1-7-4-5-9(13)12(10(7)14)8-3-2-6-11-8/h7-8,11H,2-6H2,1H3. The predicted octanol–water partition coefficient (Wildman–Crippen LogP) is 0.481. The van der Waals surface area contributed by atoms with Crippen molar-refractivity contribution in [2.75, 3.05) is 6.54 Å². The summed E-state index contributed by atoms with van der Waals surface area (Å²) < 4.78 is 0. The number of rotatable bonds is 1. The molecule has 2 aliphatic heterocycles. The summed E-state index contributed by atoms with van der Waals surface area (Å²) in [4.78, 5) is 24.8. The SMILES string of the molecule is CC1CCC(=O)N(C2CCCN2)C1=O. The van der Waals surface area contributed by atoms with E-state index in [0.717, 1.165) is 19.4 Å². The zero-order chi connectivity index (χ0) is 10.1. The molecule has 0 aliphatic carbocycles. The van der Waals surface area contributed by atoms with Crippen LogP contribution in [-0.2, 0) is 9.59 Å². The fourth-order valence-corrected chi connectivity index (χ4v) is 2.16. The van der Waals surface area contributed by atoms with E-state index in [0.29, 0.717) is 12.8 Å². The third-order valence-corrected chi connectivity index (χ3v) is 3.06. The molecule has 0 radical (unpaired) electrons. The number of nitrogens with zero attached hydrogens (tertiary/aromatic N) is 1. The molecule has 0 saturated carbocycles. The lowest BCUT2D eigenvalue weighted by atomic mass is 9.98. The van der Waals surface area contributed by atoms with Crippen molar-refractivity contribution in [1.29, 1.82) is 0 Å². The summed E-state index contributed by atoms with van der Waals surface area (Å²) in [7, 11) is 0. The van der Waals surface area contributed by atoms with E-state index < -0.39 is 0 Å². The summed E-state index contributed by atoms with van der Waals surface area (Å²) in [5, 5.41) is 3.19. The molecule has 0 spiro atoms. The summed E-state index contributed by atoms with van der Waals surface area (Å²) in [6.45, 7) is 2.81. The Morgan fingerprint density at radius 1 is 1.36 bits per heavy atom. The van der Waals surface area contributed by atoms with Crippen molar-refractivity contribution in [2.24, 2.45) is 5.92 Å². The minimum atomic E-state index is -0.0299. The van der Waals surface area contributed by atoms with Gasteiger partial charge in [-0.1, -0.05) is 6.92 Å². The average Bonchev–Trinajstić information content (AvgIpc) is 2.65. The van der Waals surface area contributed by atoms with Crippen molar-refractivity contribution in [3.8, 4) is 0 Å². The van der Waals surface area contributed by atoms with Crippen LogP contribution in [0.4, 0.5) is 0 Å². The van der Waals surface area contributed by atoms with Crippen LogP contribution in [0, 0.1) is 5.92 Å². The van der Waals surface area contributed by atoms with E-state index in [4.69, 9.17) is 0 Å². The second kappa shape index (κ2) is 3.69. The highest BCUT2D eigenvalue weighted by atomic mass is 16.2. The molecule has 2 aliphatic rings. The van der Waals surface area contributed by atoms with Crippen LogP contribution >= 0.6 is 0 Å². The fraction of sp³-hybridized carbons (Fsp3) is 0.800. The lowest BCUT2D eigenvalue weighted by Gasteiger charge is -2.33. The zero-order valence-corrected chi connectivity index (χ0v) is 8.45. The molecule has 0 aromatic carbocycles. The van der Waals surface area contributed by atoms with Gasteiger partial charge in [0.15, 0.2) is 0 Å². The molecule has 0 aromatic rings. The van der Waals surface area contributed by atoms with Crippen molar-refractivity contribution in [3.05, 3.63) is 0 Å². The van der Waals surface area contributed by atoms with Gasteiger partial charge in [-0.15, -0.1) is 0 Å². The lowest BCUT2D eigenvalue weighted by Crippen LogP contribution is -2.53. The highest BCUT2D eigenvalue weighted by molar-refractivity contribution is 5.98. The first kappa shape index (κ1) is 9.65. The van der Waals surface area contributed by atoms with E-state index in [2.05, 4.69) is 5.32 Å². The van der Waals surface area contributed by atoms with Crippen LogP contribution in [0.1, 0.15) is 32.6 Å². The number of amides is 2. The summed E-state index contributed by atoms with van der Waals surface area (Å²) in [5.74, 6) is 0.00301. The van der Waals surface area contributed by atoms with E-state index in [1.54, 1.807) is 0 Å². The van der Waals surface area contributed by atoms with Crippen molar-refractivity contribution >= 4 is 11.8 Å². The maximum absolute atomic E-state index is 11.8. The number of nitrogens with one attached hydrogen (secondary N) is 1. The molecule has 0 bridgehead atoms. The number of carbonyl (C=O) groups is 2. The third-order valence-electron chi connectivity index (χ3n) is 3.06. The quantitative estimate of drug-likeness (QED) is 0.621. The number of carbonyl (C=O) groups excluding carboxylic acids is 2. The van der Waals surface area contributed by atoms with E-state index in [9.17, 15) is 9.59 Å². The van der Waals surface area contributed by atoms with Gasteiger partial charge in [0.25, 0.3) is 0 Å². The van der Waals surface area contributed by atoms with Crippen LogP contribution in [0.5, 0.6) is 0 Å². The Labute approximate surface area is 83.6 Å². The summed E-state index contributed by atoms with van der Waals surface area (Å²) in [5.41, 5.74) is 0. The van der Waals surface area contributed by atoms with Gasteiger partial charge in [-0.05, 0) is 25.8 Å². The molecule has 2 atom stereocenters. The highest BCUT2D eigenvalue weighted by Gasteiger charge is 2.37. The van der Waals surface area contributed by atoms with Gasteiger partial charge in [-0.25, -0.2) is 0 Å². The van der Waals surface area contributed by atoms with Gasteiger partial charge in [-0.3, -0.25) is 19.8 Å². The maximum atomic E-state index is 11.8. The zero-order valence-electron chi connectivity index (χ0n) is 8.45. The second-order valence-corrected chi connectivity index (χ2v) is 4.15. The van der Waals surface area contributed by atoms with Crippen molar-refractivity contribution in [3.63, 3.8) is 0 Å². The summed E-state index contributed by atoms with van der Waals surface area (Å²) in [6, 6.07) is 0. The maximum Gasteiger partial charge on any atom is 0.233 e. The molecule has 2 fully saturated rings. The van der Waals surface area contributed by atoms with E-state index >= 15 is 0 Å². The topological polar surface area (TPSA) is 49.4 Å². The minimum absolute atomic E-state index is 0.000602. The van der Waals surface area contributed by atoms with E-state index in [1.807, 2.05) is 6.92 Å². The molecule has 2 saturated heterocycles. The third kappa shape index (κ3) is 1.54. The lowest BCUT2D eigenvalue weighted by molar-refractivity contribution is -0.154. The van der Waals surface area contributed by atoms with Crippen molar-refractivity contribution < 1.29 is 9.59 Å². The second-order valence-electron chi connectivity index (χ2n) is 4.15. The first-order valence-electron chi connectivity index (χ1n) is 5.29. The van der Waals surface area contributed by atoms with Crippen LogP contribution in [0.3, 0.4) is 0 Å². The predicted molar refractivity (Wildman–Crippen MR) is 51.3 cm³/mol. The van der Waals surface area contributed by atoms with Crippen LogP contribution < -0.4 is 5.32 Å². The smallest absolute Gasteiger partial charge is 0.233 e. The highest BCUT2D eigenvalue weighted by Crippen LogP contribution is 2.22. The Bertz CT molecular complexity index is 259. The van der Waals surface area contributed by atoms with Gasteiger partial charge >= 0.3 is 0 Å². The van der Waals surface area contributed by atoms with Gasteiger partial charge in [0.2, 0.25) is 11.8 Å². The summed E-state index contributed by atoms with van der Waals surface area (Å²) in [6.07, 6.45) is 3.16. The van der Waals surface area contributed by atoms with Gasteiger partial charge in [0.1, 0.15) is 0 Å². The Kier molecular flexibility index (Phi) is 2.54. The molecular formula is C10H16N2O2. The van der Waals surface area contributed by atoms with Crippen LogP contribution in [-0.4, -0.2) is 29.4 Å². The normalized spacial score (nSPS) is 33.9. The van der Waals surface area contributed by atoms with Gasteiger partial charge in [-0.2, -0.15) is 0 Å². The minimum Gasteiger partial charge on any atom is -0.297 e. The Balaban J connectivity index is 2.12. The number of piperidine rings is 1. The van der Waals surface area contributed by atoms with E-state index in [-0.39, 0.29) is 23.9 Å². The average molecular weight is 196 g/mol. The largest absolute Gasteiger partial charge is 0.297 e. The molecule has 14 heavy (non-hydrogen) atoms. The molecule has 2 amide bonds. The Hall–Kier alpha value is -0.900. The molecule has 4 heteroatoms. The van der Waals surface area contributed by atoms with Crippen molar-refractivity contribution in [2.45, 2.75) is 38.8 Å². The van der Waals surface area contributed by atoms with Crippen LogP contribution in [0.25, 0.3) is 0 Å². The molecule has 0 aromatic heterocycles. The summed E-state index contributed by atoms with van der Waals surface area (Å²) >= 11 is 0. The molecular weight excluding hydrogens is 180 g/mol. The van der Waals surface area contributed by atoms with Crippen LogP contribution in [0.2, 0.25) is 0 Å². The van der Waals surface area contributed by atoms with Gasteiger partial charge in [0.05, 0.1) is 6.17 Å². The molecule has 4 nitrogen and oxygen atoms in total. The van der Waals surface area contributed by atoms with Gasteiger partial charge < -0.3 is 0 Å². The number of imide groups is 1. The number of hydrogen-bond acceptors (Lipinski definition) is 3. The first-order valence-corrected chi connectivity index (χ1v) is 5.29. The molecule has 2 unspecified atom stereocenters. The molecule has 2 rings (SSSR count). The van der Waals surface area contributed by atoms with E-state index in [1.165, 1.54) is 4.90 Å². The fourth-order valence-electron chi connectivity index (χ4n) is 2.16. The molecule has 2 heterocycles.